The number of benzene rings is 1. The third-order valence-electron chi connectivity index (χ3n) is 2.30. The minimum Gasteiger partial charge on any atom is -0.396 e. The summed E-state index contributed by atoms with van der Waals surface area (Å²) >= 11 is 0. The van der Waals surface area contributed by atoms with Crippen LogP contribution >= 0.6 is 0 Å². The van der Waals surface area contributed by atoms with Gasteiger partial charge in [-0.15, -0.1) is 0 Å². The van der Waals surface area contributed by atoms with E-state index < -0.39 is 0 Å². The third-order valence-corrected chi connectivity index (χ3v) is 2.30. The summed E-state index contributed by atoms with van der Waals surface area (Å²) in [6.07, 6.45) is 0.619. The van der Waals surface area contributed by atoms with E-state index in [1.807, 2.05) is 12.1 Å². The van der Waals surface area contributed by atoms with Gasteiger partial charge in [-0.1, -0.05) is 12.1 Å². The molecule has 0 unspecified atom stereocenters. The Balaban J connectivity index is 2.30. The highest BCUT2D eigenvalue weighted by molar-refractivity contribution is 5.91. The lowest BCUT2D eigenvalue weighted by atomic mass is 10.1. The van der Waals surface area contributed by atoms with Crippen LogP contribution in [-0.2, 0) is 20.7 Å². The number of carbonyl (C=O) groups is 1. The summed E-state index contributed by atoms with van der Waals surface area (Å²) in [5.74, 6) is -0.194. The fourth-order valence-electron chi connectivity index (χ4n) is 1.39. The van der Waals surface area contributed by atoms with Gasteiger partial charge < -0.3 is 19.9 Å². The highest BCUT2D eigenvalue weighted by Crippen LogP contribution is 2.09. The summed E-state index contributed by atoms with van der Waals surface area (Å²) < 4.78 is 9.90. The van der Waals surface area contributed by atoms with E-state index in [0.717, 1.165) is 11.3 Å². The summed E-state index contributed by atoms with van der Waals surface area (Å²) in [5.41, 5.74) is 1.75. The standard InChI is InChI=1S/C13H19NO4/c1-17-8-9-18-10-13(16)14-12-4-2-11(3-5-12)6-7-15/h2-5,15H,6-10H2,1H3,(H,14,16). The average Bonchev–Trinajstić information content (AvgIpc) is 2.37. The smallest absolute Gasteiger partial charge is 0.250 e. The van der Waals surface area contributed by atoms with Gasteiger partial charge in [0.25, 0.3) is 0 Å². The first-order chi connectivity index (χ1) is 8.76. The van der Waals surface area contributed by atoms with Crippen LogP contribution in [0.5, 0.6) is 0 Å². The number of nitrogens with one attached hydrogen (secondary N) is 1. The zero-order valence-corrected chi connectivity index (χ0v) is 10.5. The molecule has 1 rings (SSSR count). The topological polar surface area (TPSA) is 67.8 Å². The lowest BCUT2D eigenvalue weighted by molar-refractivity contribution is -0.121. The second kappa shape index (κ2) is 8.63. The van der Waals surface area contributed by atoms with Crippen molar-refractivity contribution < 1.29 is 19.4 Å². The van der Waals surface area contributed by atoms with Crippen molar-refractivity contribution in [2.75, 3.05) is 38.9 Å². The van der Waals surface area contributed by atoms with Gasteiger partial charge in [0.15, 0.2) is 0 Å². The van der Waals surface area contributed by atoms with Crippen LogP contribution in [0, 0.1) is 0 Å². The van der Waals surface area contributed by atoms with E-state index in [9.17, 15) is 4.79 Å². The van der Waals surface area contributed by atoms with Gasteiger partial charge in [0, 0.05) is 19.4 Å². The molecule has 1 amide bonds. The first kappa shape index (κ1) is 14.6. The molecule has 0 fully saturated rings. The van der Waals surface area contributed by atoms with Gasteiger partial charge >= 0.3 is 0 Å². The Morgan fingerprint density at radius 3 is 2.61 bits per heavy atom. The molecule has 0 spiro atoms. The van der Waals surface area contributed by atoms with Crippen molar-refractivity contribution in [2.45, 2.75) is 6.42 Å². The maximum absolute atomic E-state index is 11.5. The van der Waals surface area contributed by atoms with Crippen LogP contribution in [0.1, 0.15) is 5.56 Å². The van der Waals surface area contributed by atoms with Crippen molar-refractivity contribution in [1.29, 1.82) is 0 Å². The van der Waals surface area contributed by atoms with Crippen molar-refractivity contribution in [1.82, 2.24) is 0 Å². The number of amides is 1. The molecule has 0 aliphatic heterocycles. The SMILES string of the molecule is COCCOCC(=O)Nc1ccc(CCO)cc1. The zero-order valence-electron chi connectivity index (χ0n) is 10.5. The van der Waals surface area contributed by atoms with Gasteiger partial charge in [-0.05, 0) is 24.1 Å². The molecule has 5 heteroatoms. The molecule has 1 aromatic carbocycles. The highest BCUT2D eigenvalue weighted by Gasteiger charge is 2.02. The van der Waals surface area contributed by atoms with Gasteiger partial charge in [0.1, 0.15) is 6.61 Å². The quantitative estimate of drug-likeness (QED) is 0.673. The van der Waals surface area contributed by atoms with Crippen molar-refractivity contribution in [3.05, 3.63) is 29.8 Å². The Morgan fingerprint density at radius 1 is 1.28 bits per heavy atom. The normalized spacial score (nSPS) is 10.3. The molecule has 0 radical (unpaired) electrons. The Kier molecular flexibility index (Phi) is 7.01. The first-order valence-corrected chi connectivity index (χ1v) is 5.82. The minimum atomic E-state index is -0.194. The summed E-state index contributed by atoms with van der Waals surface area (Å²) in [6, 6.07) is 7.35. The van der Waals surface area contributed by atoms with Crippen LogP contribution in [0.3, 0.4) is 0 Å². The van der Waals surface area contributed by atoms with Gasteiger partial charge in [0.2, 0.25) is 5.91 Å². The van der Waals surface area contributed by atoms with Crippen LogP contribution < -0.4 is 5.32 Å². The molecule has 0 aliphatic carbocycles. The highest BCUT2D eigenvalue weighted by atomic mass is 16.5. The molecule has 1 aromatic rings. The summed E-state index contributed by atoms with van der Waals surface area (Å²) in [5, 5.41) is 11.5. The number of carbonyl (C=O) groups excluding carboxylic acids is 1. The van der Waals surface area contributed by atoms with Gasteiger partial charge in [-0.25, -0.2) is 0 Å². The van der Waals surface area contributed by atoms with Crippen molar-refractivity contribution in [3.8, 4) is 0 Å². The van der Waals surface area contributed by atoms with Crippen LogP contribution in [0.2, 0.25) is 0 Å². The van der Waals surface area contributed by atoms with Crippen molar-refractivity contribution >= 4 is 11.6 Å². The van der Waals surface area contributed by atoms with E-state index in [-0.39, 0.29) is 19.1 Å². The number of rotatable bonds is 8. The van der Waals surface area contributed by atoms with Gasteiger partial charge in [0.05, 0.1) is 13.2 Å². The van der Waals surface area contributed by atoms with Gasteiger partial charge in [-0.3, -0.25) is 4.79 Å². The second-order valence-electron chi connectivity index (χ2n) is 3.76. The monoisotopic (exact) mass is 253 g/mol. The number of aliphatic hydroxyl groups is 1. The zero-order chi connectivity index (χ0) is 13.2. The molecular weight excluding hydrogens is 234 g/mol. The van der Waals surface area contributed by atoms with E-state index in [0.29, 0.717) is 19.6 Å². The Hall–Kier alpha value is -1.43. The summed E-state index contributed by atoms with van der Waals surface area (Å²) in [6.45, 7) is 1.02. The average molecular weight is 253 g/mol. The minimum absolute atomic E-state index is 0.0156. The number of hydrogen-bond acceptors (Lipinski definition) is 4. The van der Waals surface area contributed by atoms with Crippen LogP contribution in [0.25, 0.3) is 0 Å². The molecule has 100 valence electrons. The lowest BCUT2D eigenvalue weighted by Gasteiger charge is -2.07. The van der Waals surface area contributed by atoms with E-state index in [1.54, 1.807) is 19.2 Å². The molecule has 0 aliphatic rings. The third kappa shape index (κ3) is 5.77. The Morgan fingerprint density at radius 2 is 2.00 bits per heavy atom. The van der Waals surface area contributed by atoms with E-state index in [4.69, 9.17) is 14.6 Å². The van der Waals surface area contributed by atoms with Crippen LogP contribution in [0.4, 0.5) is 5.69 Å². The van der Waals surface area contributed by atoms with E-state index in [2.05, 4.69) is 5.32 Å². The Bertz CT molecular complexity index is 351. The molecule has 0 aromatic heterocycles. The van der Waals surface area contributed by atoms with Crippen LogP contribution in [-0.4, -0.2) is 44.6 Å². The van der Waals surface area contributed by atoms with Crippen molar-refractivity contribution in [3.63, 3.8) is 0 Å². The summed E-state index contributed by atoms with van der Waals surface area (Å²) in [4.78, 5) is 11.5. The predicted octanol–water partition coefficient (Wildman–Crippen LogP) is 0.823. The lowest BCUT2D eigenvalue weighted by Crippen LogP contribution is -2.19. The molecule has 5 nitrogen and oxygen atoms in total. The van der Waals surface area contributed by atoms with E-state index in [1.165, 1.54) is 0 Å². The summed E-state index contributed by atoms with van der Waals surface area (Å²) in [7, 11) is 1.58. The molecule has 2 N–H and O–H groups in total. The predicted molar refractivity (Wildman–Crippen MR) is 68.6 cm³/mol. The maximum Gasteiger partial charge on any atom is 0.250 e. The van der Waals surface area contributed by atoms with Crippen molar-refractivity contribution in [2.24, 2.45) is 0 Å². The van der Waals surface area contributed by atoms with Crippen LogP contribution in [0.15, 0.2) is 24.3 Å². The first-order valence-electron chi connectivity index (χ1n) is 5.82. The molecule has 0 bridgehead atoms. The second-order valence-corrected chi connectivity index (χ2v) is 3.76. The molecule has 0 saturated carbocycles. The number of methoxy groups -OCH3 is 1. The number of hydrogen-bond donors (Lipinski definition) is 2. The van der Waals surface area contributed by atoms with Gasteiger partial charge in [-0.2, -0.15) is 0 Å². The largest absolute Gasteiger partial charge is 0.396 e. The Labute approximate surface area is 107 Å². The molecule has 0 heterocycles. The number of ether oxygens (including phenoxy) is 2. The maximum atomic E-state index is 11.5. The molecule has 18 heavy (non-hydrogen) atoms. The fraction of sp³-hybridized carbons (Fsp3) is 0.462. The molecule has 0 atom stereocenters. The number of anilines is 1. The van der Waals surface area contributed by atoms with E-state index >= 15 is 0 Å². The fourth-order valence-corrected chi connectivity index (χ4v) is 1.39. The molecule has 0 saturated heterocycles. The number of aliphatic hydroxyl groups excluding tert-OH is 1. The molecular formula is C13H19NO4.